The zero-order chi connectivity index (χ0) is 13.8. The molecular formula is C14H17NO4. The Morgan fingerprint density at radius 2 is 2.05 bits per heavy atom. The zero-order valence-electron chi connectivity index (χ0n) is 10.8. The maximum Gasteiger partial charge on any atom is 0.317 e. The van der Waals surface area contributed by atoms with Crippen molar-refractivity contribution in [3.8, 4) is 5.75 Å². The summed E-state index contributed by atoms with van der Waals surface area (Å²) in [5.41, 5.74) is 0. The number of carbonyl (C=O) groups excluding carboxylic acids is 1. The number of para-hydroxylation sites is 1. The van der Waals surface area contributed by atoms with Crippen molar-refractivity contribution in [1.82, 2.24) is 4.90 Å². The van der Waals surface area contributed by atoms with Crippen LogP contribution in [0.2, 0.25) is 0 Å². The molecule has 0 saturated carbocycles. The van der Waals surface area contributed by atoms with Crippen LogP contribution < -0.4 is 4.74 Å². The lowest BCUT2D eigenvalue weighted by molar-refractivity contribution is -0.139. The number of carboxylic acids is 1. The van der Waals surface area contributed by atoms with Gasteiger partial charge in [-0.1, -0.05) is 18.2 Å². The largest absolute Gasteiger partial charge is 0.489 e. The molecule has 0 aliphatic carbocycles. The highest BCUT2D eigenvalue weighted by Gasteiger charge is 2.36. The van der Waals surface area contributed by atoms with Gasteiger partial charge < -0.3 is 9.84 Å². The maximum absolute atomic E-state index is 11.5. The fourth-order valence-corrected chi connectivity index (χ4v) is 2.41. The van der Waals surface area contributed by atoms with Gasteiger partial charge in [0.15, 0.2) is 0 Å². The molecule has 2 rings (SSSR count). The summed E-state index contributed by atoms with van der Waals surface area (Å²) in [4.78, 5) is 24.0. The number of carbonyl (C=O) groups is 2. The summed E-state index contributed by atoms with van der Waals surface area (Å²) in [5, 5.41) is 8.86. The number of ketones is 1. The predicted molar refractivity (Wildman–Crippen MR) is 69.2 cm³/mol. The van der Waals surface area contributed by atoms with E-state index in [-0.39, 0.29) is 24.5 Å². The summed E-state index contributed by atoms with van der Waals surface area (Å²) >= 11 is 0. The van der Waals surface area contributed by atoms with Crippen molar-refractivity contribution in [2.45, 2.75) is 25.5 Å². The quantitative estimate of drug-likeness (QED) is 0.864. The summed E-state index contributed by atoms with van der Waals surface area (Å²) in [6, 6.07) is 9.00. The van der Waals surface area contributed by atoms with E-state index in [4.69, 9.17) is 9.84 Å². The van der Waals surface area contributed by atoms with Gasteiger partial charge in [0.1, 0.15) is 17.6 Å². The van der Waals surface area contributed by atoms with E-state index in [0.717, 1.165) is 5.75 Å². The Kier molecular flexibility index (Phi) is 4.16. The third-order valence-corrected chi connectivity index (χ3v) is 3.22. The molecule has 1 fully saturated rings. The van der Waals surface area contributed by atoms with Crippen molar-refractivity contribution < 1.29 is 19.4 Å². The molecular weight excluding hydrogens is 246 g/mol. The number of likely N-dealkylation sites (tertiary alicyclic amines) is 1. The fourth-order valence-electron chi connectivity index (χ4n) is 2.41. The highest BCUT2D eigenvalue weighted by Crippen LogP contribution is 2.23. The Morgan fingerprint density at radius 3 is 2.63 bits per heavy atom. The number of carboxylic acid groups (broad SMARTS) is 1. The third-order valence-electron chi connectivity index (χ3n) is 3.22. The van der Waals surface area contributed by atoms with Crippen LogP contribution in [-0.4, -0.2) is 47.0 Å². The molecule has 1 N–H and O–H groups in total. The summed E-state index contributed by atoms with van der Waals surface area (Å²) in [6.07, 6.45) is 0.396. The second kappa shape index (κ2) is 5.84. The van der Waals surface area contributed by atoms with E-state index in [1.54, 1.807) is 4.90 Å². The van der Waals surface area contributed by atoms with E-state index < -0.39 is 5.97 Å². The number of Topliss-reactive ketones (excluding diaryl/α,β-unsaturated/α-hetero) is 1. The van der Waals surface area contributed by atoms with Crippen LogP contribution in [0.25, 0.3) is 0 Å². The second-order valence-corrected chi connectivity index (χ2v) is 4.74. The molecule has 1 aliphatic rings. The van der Waals surface area contributed by atoms with Crippen molar-refractivity contribution >= 4 is 11.8 Å². The minimum absolute atomic E-state index is 0.0135. The second-order valence-electron chi connectivity index (χ2n) is 4.74. The molecule has 0 aromatic heterocycles. The van der Waals surface area contributed by atoms with E-state index in [0.29, 0.717) is 13.0 Å². The van der Waals surface area contributed by atoms with Crippen LogP contribution in [0.4, 0.5) is 0 Å². The standard InChI is InChI=1S/C14H17NO4/c1-10(16)13-7-12(8-15(13)9-14(17)18)19-11-5-3-2-4-6-11/h2-6,12-13H,7-9H2,1H3,(H,17,18)/t12?,13-/m1/s1. The topological polar surface area (TPSA) is 66.8 Å². The molecule has 0 bridgehead atoms. The Morgan fingerprint density at radius 1 is 1.37 bits per heavy atom. The van der Waals surface area contributed by atoms with Gasteiger partial charge >= 0.3 is 5.97 Å². The summed E-state index contributed by atoms with van der Waals surface area (Å²) in [5.74, 6) is -0.195. The average molecular weight is 263 g/mol. The van der Waals surface area contributed by atoms with Crippen molar-refractivity contribution in [2.24, 2.45) is 0 Å². The first kappa shape index (κ1) is 13.5. The van der Waals surface area contributed by atoms with Crippen LogP contribution in [0, 0.1) is 0 Å². The normalized spacial score (nSPS) is 23.2. The molecule has 102 valence electrons. The highest BCUT2D eigenvalue weighted by molar-refractivity contribution is 5.82. The zero-order valence-corrected chi connectivity index (χ0v) is 10.8. The van der Waals surface area contributed by atoms with Gasteiger partial charge in [0.25, 0.3) is 0 Å². The van der Waals surface area contributed by atoms with E-state index in [2.05, 4.69) is 0 Å². The van der Waals surface area contributed by atoms with Crippen LogP contribution in [-0.2, 0) is 9.59 Å². The van der Waals surface area contributed by atoms with Gasteiger partial charge in [-0.2, -0.15) is 0 Å². The lowest BCUT2D eigenvalue weighted by atomic mass is 10.1. The Bertz CT molecular complexity index is 460. The third kappa shape index (κ3) is 3.54. The Labute approximate surface area is 111 Å². The van der Waals surface area contributed by atoms with Crippen LogP contribution in [0.15, 0.2) is 30.3 Å². The summed E-state index contributed by atoms with van der Waals surface area (Å²) in [6.45, 7) is 1.83. The minimum Gasteiger partial charge on any atom is -0.489 e. The number of ether oxygens (including phenoxy) is 1. The SMILES string of the molecule is CC(=O)[C@H]1CC(Oc2ccccc2)CN1CC(=O)O. The van der Waals surface area contributed by atoms with Crippen molar-refractivity contribution in [3.63, 3.8) is 0 Å². The van der Waals surface area contributed by atoms with E-state index in [9.17, 15) is 9.59 Å². The van der Waals surface area contributed by atoms with Gasteiger partial charge in [-0.3, -0.25) is 14.5 Å². The maximum atomic E-state index is 11.5. The first-order valence-electron chi connectivity index (χ1n) is 6.24. The van der Waals surface area contributed by atoms with E-state index >= 15 is 0 Å². The number of aliphatic carboxylic acids is 1. The first-order valence-corrected chi connectivity index (χ1v) is 6.24. The molecule has 1 unspecified atom stereocenters. The first-order chi connectivity index (χ1) is 9.06. The van der Waals surface area contributed by atoms with E-state index in [1.807, 2.05) is 30.3 Å². The van der Waals surface area contributed by atoms with Crippen LogP contribution in [0.3, 0.4) is 0 Å². The molecule has 0 amide bonds. The summed E-state index contributed by atoms with van der Waals surface area (Å²) < 4.78 is 5.78. The highest BCUT2D eigenvalue weighted by atomic mass is 16.5. The summed E-state index contributed by atoms with van der Waals surface area (Å²) in [7, 11) is 0. The fraction of sp³-hybridized carbons (Fsp3) is 0.429. The van der Waals surface area contributed by atoms with Crippen molar-refractivity contribution in [3.05, 3.63) is 30.3 Å². The number of rotatable bonds is 5. The molecule has 1 aromatic rings. The molecule has 19 heavy (non-hydrogen) atoms. The van der Waals surface area contributed by atoms with Gasteiger partial charge in [-0.15, -0.1) is 0 Å². The number of hydrogen-bond donors (Lipinski definition) is 1. The molecule has 1 heterocycles. The smallest absolute Gasteiger partial charge is 0.317 e. The van der Waals surface area contributed by atoms with Crippen molar-refractivity contribution in [2.75, 3.05) is 13.1 Å². The molecule has 1 aliphatic heterocycles. The molecule has 0 spiro atoms. The van der Waals surface area contributed by atoms with Crippen LogP contribution in [0.5, 0.6) is 5.75 Å². The predicted octanol–water partition coefficient (Wildman–Crippen LogP) is 1.18. The van der Waals surface area contributed by atoms with Crippen LogP contribution in [0.1, 0.15) is 13.3 Å². The molecule has 5 heteroatoms. The van der Waals surface area contributed by atoms with Crippen LogP contribution >= 0.6 is 0 Å². The van der Waals surface area contributed by atoms with E-state index in [1.165, 1.54) is 6.92 Å². The number of benzene rings is 1. The van der Waals surface area contributed by atoms with Gasteiger partial charge in [-0.05, 0) is 19.1 Å². The van der Waals surface area contributed by atoms with Gasteiger partial charge in [0.05, 0.1) is 12.6 Å². The van der Waals surface area contributed by atoms with Gasteiger partial charge in [-0.25, -0.2) is 0 Å². The molecule has 1 saturated heterocycles. The molecule has 1 aromatic carbocycles. The lowest BCUT2D eigenvalue weighted by Crippen LogP contribution is -2.38. The number of nitrogens with zero attached hydrogens (tertiary/aromatic N) is 1. The molecule has 5 nitrogen and oxygen atoms in total. The molecule has 2 atom stereocenters. The average Bonchev–Trinajstić information content (AvgIpc) is 2.72. The van der Waals surface area contributed by atoms with Gasteiger partial charge in [0.2, 0.25) is 0 Å². The Hall–Kier alpha value is -1.88. The van der Waals surface area contributed by atoms with Gasteiger partial charge in [0, 0.05) is 13.0 Å². The van der Waals surface area contributed by atoms with Crippen molar-refractivity contribution in [1.29, 1.82) is 0 Å². The molecule has 0 radical (unpaired) electrons. The Balaban J connectivity index is 2.01. The minimum atomic E-state index is -0.924. The monoisotopic (exact) mass is 263 g/mol. The number of hydrogen-bond acceptors (Lipinski definition) is 4. The lowest BCUT2D eigenvalue weighted by Gasteiger charge is -2.18.